The van der Waals surface area contributed by atoms with Crippen molar-refractivity contribution in [1.82, 2.24) is 9.97 Å². The minimum Gasteiger partial charge on any atom is -0.481 e. The summed E-state index contributed by atoms with van der Waals surface area (Å²) >= 11 is 0. The van der Waals surface area contributed by atoms with Crippen molar-refractivity contribution < 1.29 is 9.90 Å². The largest absolute Gasteiger partial charge is 0.481 e. The van der Waals surface area contributed by atoms with Crippen LogP contribution in [0.1, 0.15) is 43.7 Å². The predicted octanol–water partition coefficient (Wildman–Crippen LogP) is 2.05. The third-order valence-corrected chi connectivity index (χ3v) is 4.29. The maximum atomic E-state index is 11.1. The van der Waals surface area contributed by atoms with Crippen LogP contribution in [-0.4, -0.2) is 34.1 Å². The van der Waals surface area contributed by atoms with E-state index in [0.717, 1.165) is 30.9 Å². The Labute approximate surface area is 112 Å². The number of aromatic nitrogens is 2. The number of carbonyl (C=O) groups is 1. The van der Waals surface area contributed by atoms with Crippen molar-refractivity contribution in [3.8, 4) is 0 Å². The van der Waals surface area contributed by atoms with Crippen LogP contribution in [-0.2, 0) is 4.79 Å². The van der Waals surface area contributed by atoms with Crippen LogP contribution in [0, 0.1) is 5.92 Å². The highest BCUT2D eigenvalue weighted by molar-refractivity contribution is 5.71. The van der Waals surface area contributed by atoms with Gasteiger partial charge in [0.25, 0.3) is 0 Å². The van der Waals surface area contributed by atoms with E-state index in [1.54, 1.807) is 6.33 Å². The van der Waals surface area contributed by atoms with Crippen molar-refractivity contribution >= 4 is 11.8 Å². The fourth-order valence-corrected chi connectivity index (χ4v) is 2.85. The number of anilines is 1. The minimum absolute atomic E-state index is 0.268. The number of carboxylic acid groups (broad SMARTS) is 1. The topological polar surface area (TPSA) is 66.3 Å². The normalized spacial score (nSPS) is 24.0. The maximum absolute atomic E-state index is 11.1. The van der Waals surface area contributed by atoms with Crippen molar-refractivity contribution in [2.45, 2.75) is 38.0 Å². The van der Waals surface area contributed by atoms with E-state index < -0.39 is 5.97 Å². The second kappa shape index (κ2) is 5.15. The van der Waals surface area contributed by atoms with Gasteiger partial charge in [0, 0.05) is 30.8 Å². The lowest BCUT2D eigenvalue weighted by Crippen LogP contribution is -2.39. The van der Waals surface area contributed by atoms with Gasteiger partial charge in [-0.1, -0.05) is 6.42 Å². The van der Waals surface area contributed by atoms with Crippen LogP contribution in [0.4, 0.5) is 5.82 Å². The summed E-state index contributed by atoms with van der Waals surface area (Å²) in [6.07, 6.45) is 7.02. The monoisotopic (exact) mass is 261 g/mol. The van der Waals surface area contributed by atoms with Crippen LogP contribution in [0.25, 0.3) is 0 Å². The molecule has 1 unspecified atom stereocenters. The summed E-state index contributed by atoms with van der Waals surface area (Å²) in [4.78, 5) is 21.9. The van der Waals surface area contributed by atoms with Crippen molar-refractivity contribution in [3.63, 3.8) is 0 Å². The van der Waals surface area contributed by atoms with E-state index in [9.17, 15) is 4.79 Å². The van der Waals surface area contributed by atoms with E-state index in [1.165, 1.54) is 19.3 Å². The van der Waals surface area contributed by atoms with Gasteiger partial charge in [-0.25, -0.2) is 9.97 Å². The van der Waals surface area contributed by atoms with Gasteiger partial charge in [0.05, 0.1) is 5.92 Å². The van der Waals surface area contributed by atoms with E-state index in [0.29, 0.717) is 12.5 Å². The summed E-state index contributed by atoms with van der Waals surface area (Å²) in [6, 6.07) is 2.05. The minimum atomic E-state index is -0.696. The first-order valence-corrected chi connectivity index (χ1v) is 7.04. The molecule has 0 radical (unpaired) electrons. The van der Waals surface area contributed by atoms with E-state index >= 15 is 0 Å². The Morgan fingerprint density at radius 3 is 2.79 bits per heavy atom. The first-order chi connectivity index (χ1) is 9.24. The molecule has 1 saturated carbocycles. The molecule has 0 amide bonds. The van der Waals surface area contributed by atoms with Gasteiger partial charge < -0.3 is 10.0 Å². The molecule has 1 aromatic heterocycles. The second-order valence-electron chi connectivity index (χ2n) is 5.55. The Morgan fingerprint density at radius 2 is 2.11 bits per heavy atom. The zero-order chi connectivity index (χ0) is 13.2. The van der Waals surface area contributed by atoms with Crippen LogP contribution >= 0.6 is 0 Å². The number of hydrogen-bond acceptors (Lipinski definition) is 4. The summed E-state index contributed by atoms with van der Waals surface area (Å²) < 4.78 is 0. The molecule has 1 atom stereocenters. The number of carboxylic acids is 1. The lowest BCUT2D eigenvalue weighted by Gasteiger charge is -2.32. The molecule has 0 spiro atoms. The number of rotatable bonds is 3. The molecular formula is C14H19N3O2. The Balaban J connectivity index is 1.75. The Kier molecular flexibility index (Phi) is 3.36. The van der Waals surface area contributed by atoms with Gasteiger partial charge in [0.1, 0.15) is 12.1 Å². The van der Waals surface area contributed by atoms with Gasteiger partial charge in [-0.3, -0.25) is 4.79 Å². The van der Waals surface area contributed by atoms with E-state index in [-0.39, 0.29) is 5.92 Å². The van der Waals surface area contributed by atoms with E-state index in [1.807, 2.05) is 6.07 Å². The number of hydrogen-bond donors (Lipinski definition) is 1. The maximum Gasteiger partial charge on any atom is 0.308 e. The highest BCUT2D eigenvalue weighted by atomic mass is 16.4. The molecule has 1 aliphatic carbocycles. The van der Waals surface area contributed by atoms with Crippen molar-refractivity contribution in [1.29, 1.82) is 0 Å². The molecule has 3 rings (SSSR count). The Morgan fingerprint density at radius 1 is 1.26 bits per heavy atom. The van der Waals surface area contributed by atoms with Gasteiger partial charge in [0.2, 0.25) is 0 Å². The quantitative estimate of drug-likeness (QED) is 0.902. The summed E-state index contributed by atoms with van der Waals surface area (Å²) in [5.41, 5.74) is 1.12. The van der Waals surface area contributed by atoms with Gasteiger partial charge >= 0.3 is 5.97 Å². The van der Waals surface area contributed by atoms with E-state index in [4.69, 9.17) is 5.11 Å². The molecule has 5 heteroatoms. The number of piperidine rings is 1. The molecule has 2 aliphatic rings. The molecule has 1 saturated heterocycles. The van der Waals surface area contributed by atoms with Crippen LogP contribution < -0.4 is 4.90 Å². The molecule has 1 N–H and O–H groups in total. The fourth-order valence-electron chi connectivity index (χ4n) is 2.85. The van der Waals surface area contributed by atoms with Crippen molar-refractivity contribution in [2.24, 2.45) is 5.92 Å². The average molecular weight is 261 g/mol. The van der Waals surface area contributed by atoms with E-state index in [2.05, 4.69) is 14.9 Å². The van der Waals surface area contributed by atoms with Crippen molar-refractivity contribution in [2.75, 3.05) is 18.0 Å². The van der Waals surface area contributed by atoms with Crippen LogP contribution in [0.3, 0.4) is 0 Å². The molecule has 102 valence electrons. The fraction of sp³-hybridized carbons (Fsp3) is 0.643. The average Bonchev–Trinajstić information content (AvgIpc) is 2.37. The molecule has 0 aromatic carbocycles. The third kappa shape index (κ3) is 2.55. The molecule has 1 aliphatic heterocycles. The third-order valence-electron chi connectivity index (χ3n) is 4.29. The van der Waals surface area contributed by atoms with Crippen molar-refractivity contribution in [3.05, 3.63) is 18.1 Å². The summed E-state index contributed by atoms with van der Waals surface area (Å²) in [7, 11) is 0. The Bertz CT molecular complexity index is 474. The smallest absolute Gasteiger partial charge is 0.308 e. The molecule has 1 aromatic rings. The second-order valence-corrected chi connectivity index (χ2v) is 5.55. The lowest BCUT2D eigenvalue weighted by atomic mass is 9.83. The Hall–Kier alpha value is -1.65. The standard InChI is InChI=1S/C14H19N3O2/c18-14(19)11-5-2-6-17(8-11)13-7-12(15-9-16-13)10-3-1-4-10/h7,9-11H,1-6,8H2,(H,18,19). The highest BCUT2D eigenvalue weighted by Crippen LogP contribution is 2.36. The SMILES string of the molecule is O=C(O)C1CCCN(c2cc(C3CCC3)ncn2)C1. The van der Waals surface area contributed by atoms with Gasteiger partial charge in [-0.15, -0.1) is 0 Å². The lowest BCUT2D eigenvalue weighted by molar-refractivity contribution is -0.141. The molecule has 2 fully saturated rings. The molecule has 5 nitrogen and oxygen atoms in total. The van der Waals surface area contributed by atoms with Gasteiger partial charge in [-0.2, -0.15) is 0 Å². The number of aliphatic carboxylic acids is 1. The van der Waals surface area contributed by atoms with Gasteiger partial charge in [-0.05, 0) is 25.7 Å². The summed E-state index contributed by atoms with van der Waals surface area (Å²) in [6.45, 7) is 1.46. The highest BCUT2D eigenvalue weighted by Gasteiger charge is 2.27. The van der Waals surface area contributed by atoms with Crippen LogP contribution in [0.15, 0.2) is 12.4 Å². The predicted molar refractivity (Wildman–Crippen MR) is 71.2 cm³/mol. The molecule has 0 bridgehead atoms. The molecule has 19 heavy (non-hydrogen) atoms. The summed E-state index contributed by atoms with van der Waals surface area (Å²) in [5, 5.41) is 9.13. The zero-order valence-corrected chi connectivity index (χ0v) is 11.0. The zero-order valence-electron chi connectivity index (χ0n) is 11.0. The van der Waals surface area contributed by atoms with Crippen LogP contribution in [0.2, 0.25) is 0 Å². The first-order valence-electron chi connectivity index (χ1n) is 7.04. The summed E-state index contributed by atoms with van der Waals surface area (Å²) in [5.74, 6) is 0.513. The number of nitrogens with zero attached hydrogens (tertiary/aromatic N) is 3. The van der Waals surface area contributed by atoms with Crippen LogP contribution in [0.5, 0.6) is 0 Å². The molecule has 2 heterocycles. The molecular weight excluding hydrogens is 242 g/mol. The first kappa shape index (κ1) is 12.4. The van der Waals surface area contributed by atoms with Gasteiger partial charge in [0.15, 0.2) is 0 Å².